The van der Waals surface area contributed by atoms with Crippen LogP contribution in [0.3, 0.4) is 0 Å². The van der Waals surface area contributed by atoms with Gasteiger partial charge in [-0.2, -0.15) is 0 Å². The fourth-order valence-corrected chi connectivity index (χ4v) is 7.93. The van der Waals surface area contributed by atoms with Crippen molar-refractivity contribution in [1.29, 1.82) is 0 Å². The number of hydrogen-bond acceptors (Lipinski definition) is 3. The maximum Gasteiger partial charge on any atom is 0.0709 e. The lowest BCUT2D eigenvalue weighted by Gasteiger charge is -2.28. The zero-order valence-corrected chi connectivity index (χ0v) is 26.9. The standard InChI is InChI=1S/C45H30N2S/c1-3-11-31(12-4-1)32-19-24-36(25-20-32)47(43-18-10-9-16-38(43)33-13-5-2-6-14-33)37-26-21-35(22-27-37)42-29-41-40-28-23-34-15-7-8-17-39(34)45(40)48-44(41)30-46-42/h1-30H. The highest BCUT2D eigenvalue weighted by molar-refractivity contribution is 7.26. The van der Waals surface area contributed by atoms with Crippen LogP contribution in [0.4, 0.5) is 17.1 Å². The van der Waals surface area contributed by atoms with Crippen molar-refractivity contribution in [2.24, 2.45) is 0 Å². The number of para-hydroxylation sites is 1. The first kappa shape index (κ1) is 28.2. The number of fused-ring (bicyclic) bond motifs is 5. The summed E-state index contributed by atoms with van der Waals surface area (Å²) in [4.78, 5) is 7.29. The summed E-state index contributed by atoms with van der Waals surface area (Å²) in [6.45, 7) is 0. The normalized spacial score (nSPS) is 11.3. The summed E-state index contributed by atoms with van der Waals surface area (Å²) >= 11 is 1.83. The van der Waals surface area contributed by atoms with Gasteiger partial charge in [0.25, 0.3) is 0 Å². The monoisotopic (exact) mass is 630 g/mol. The first-order chi connectivity index (χ1) is 23.8. The van der Waals surface area contributed by atoms with E-state index in [1.165, 1.54) is 53.2 Å². The number of anilines is 3. The molecule has 0 N–H and O–H groups in total. The molecule has 0 spiro atoms. The zero-order chi connectivity index (χ0) is 31.9. The number of thiophene rings is 1. The molecular formula is C45H30N2S. The molecule has 0 aliphatic heterocycles. The minimum absolute atomic E-state index is 0.977. The predicted molar refractivity (Wildman–Crippen MR) is 206 cm³/mol. The third kappa shape index (κ3) is 5.02. The molecule has 0 aliphatic carbocycles. The molecule has 0 saturated carbocycles. The Labute approximate surface area is 283 Å². The van der Waals surface area contributed by atoms with Gasteiger partial charge in [0.2, 0.25) is 0 Å². The van der Waals surface area contributed by atoms with Gasteiger partial charge in [-0.3, -0.25) is 4.98 Å². The van der Waals surface area contributed by atoms with Gasteiger partial charge in [0.15, 0.2) is 0 Å². The summed E-state index contributed by atoms with van der Waals surface area (Å²) in [5.41, 5.74) is 10.2. The molecule has 0 amide bonds. The third-order valence-electron chi connectivity index (χ3n) is 9.13. The van der Waals surface area contributed by atoms with Crippen molar-refractivity contribution in [2.75, 3.05) is 4.90 Å². The smallest absolute Gasteiger partial charge is 0.0709 e. The molecule has 0 unspecified atom stereocenters. The van der Waals surface area contributed by atoms with Gasteiger partial charge in [0, 0.05) is 44.2 Å². The SMILES string of the molecule is c1ccc(-c2ccc(N(c3ccc(-c4cc5c(cn4)sc4c6ccccc6ccc54)cc3)c3ccccc3-c3ccccc3)cc2)cc1. The Bertz CT molecular complexity index is 2540. The van der Waals surface area contributed by atoms with Crippen LogP contribution < -0.4 is 4.90 Å². The van der Waals surface area contributed by atoms with E-state index in [4.69, 9.17) is 4.98 Å². The van der Waals surface area contributed by atoms with Crippen LogP contribution in [0.15, 0.2) is 182 Å². The lowest BCUT2D eigenvalue weighted by Crippen LogP contribution is -2.11. The summed E-state index contributed by atoms with van der Waals surface area (Å²) in [6.07, 6.45) is 2.04. The van der Waals surface area contributed by atoms with Gasteiger partial charge in [-0.05, 0) is 63.9 Å². The predicted octanol–water partition coefficient (Wildman–Crippen LogP) is 13.1. The topological polar surface area (TPSA) is 16.1 Å². The molecule has 0 aliphatic rings. The van der Waals surface area contributed by atoms with Crippen molar-refractivity contribution >= 4 is 59.3 Å². The summed E-state index contributed by atoms with van der Waals surface area (Å²) in [5.74, 6) is 0. The quantitative estimate of drug-likeness (QED) is 0.182. The highest BCUT2D eigenvalue weighted by Crippen LogP contribution is 2.43. The second-order valence-electron chi connectivity index (χ2n) is 12.0. The summed E-state index contributed by atoms with van der Waals surface area (Å²) in [5, 5.41) is 5.12. The fourth-order valence-electron chi connectivity index (χ4n) is 6.74. The minimum atomic E-state index is 0.977. The Morgan fingerprint density at radius 3 is 1.79 bits per heavy atom. The Morgan fingerprint density at radius 2 is 1.04 bits per heavy atom. The van der Waals surface area contributed by atoms with Crippen LogP contribution in [0.5, 0.6) is 0 Å². The second kappa shape index (κ2) is 12.0. The van der Waals surface area contributed by atoms with Crippen LogP contribution >= 0.6 is 11.3 Å². The third-order valence-corrected chi connectivity index (χ3v) is 10.3. The number of pyridine rings is 1. The number of aromatic nitrogens is 1. The molecular weight excluding hydrogens is 601 g/mol. The average Bonchev–Trinajstić information content (AvgIpc) is 3.55. The van der Waals surface area contributed by atoms with Crippen LogP contribution in [0.25, 0.3) is 64.5 Å². The molecule has 2 nitrogen and oxygen atoms in total. The Morgan fingerprint density at radius 1 is 0.438 bits per heavy atom. The molecule has 2 heterocycles. The number of rotatable bonds is 6. The molecule has 0 fully saturated rings. The Hall–Kier alpha value is -6.03. The largest absolute Gasteiger partial charge is 0.310 e. The van der Waals surface area contributed by atoms with Gasteiger partial charge in [0.1, 0.15) is 0 Å². The fraction of sp³-hybridized carbons (Fsp3) is 0. The van der Waals surface area contributed by atoms with Crippen LogP contribution in [0.2, 0.25) is 0 Å². The van der Waals surface area contributed by atoms with Gasteiger partial charge >= 0.3 is 0 Å². The van der Waals surface area contributed by atoms with E-state index in [0.717, 1.165) is 28.3 Å². The number of benzene rings is 7. The van der Waals surface area contributed by atoms with Gasteiger partial charge in [-0.25, -0.2) is 0 Å². The Kier molecular flexibility index (Phi) is 7.03. The molecule has 48 heavy (non-hydrogen) atoms. The summed E-state index contributed by atoms with van der Waals surface area (Å²) in [7, 11) is 0. The van der Waals surface area contributed by atoms with E-state index in [0.29, 0.717) is 0 Å². The van der Waals surface area contributed by atoms with Gasteiger partial charge < -0.3 is 4.90 Å². The molecule has 3 heteroatoms. The number of nitrogens with zero attached hydrogens (tertiary/aromatic N) is 2. The maximum absolute atomic E-state index is 4.93. The van der Waals surface area contributed by atoms with Gasteiger partial charge in [-0.15, -0.1) is 11.3 Å². The second-order valence-corrected chi connectivity index (χ2v) is 13.1. The van der Waals surface area contributed by atoms with Crippen molar-refractivity contribution in [3.8, 4) is 33.5 Å². The highest BCUT2D eigenvalue weighted by Gasteiger charge is 2.18. The minimum Gasteiger partial charge on any atom is -0.310 e. The van der Waals surface area contributed by atoms with E-state index in [-0.39, 0.29) is 0 Å². The van der Waals surface area contributed by atoms with E-state index in [2.05, 4.69) is 181 Å². The average molecular weight is 631 g/mol. The highest BCUT2D eigenvalue weighted by atomic mass is 32.1. The molecule has 0 saturated heterocycles. The molecule has 0 bridgehead atoms. The molecule has 2 aromatic heterocycles. The van der Waals surface area contributed by atoms with E-state index >= 15 is 0 Å². The lowest BCUT2D eigenvalue weighted by molar-refractivity contribution is 1.28. The lowest BCUT2D eigenvalue weighted by atomic mass is 10.0. The molecule has 0 radical (unpaired) electrons. The molecule has 9 rings (SSSR count). The molecule has 7 aromatic carbocycles. The van der Waals surface area contributed by atoms with E-state index in [1.807, 2.05) is 17.5 Å². The van der Waals surface area contributed by atoms with Crippen LogP contribution in [-0.4, -0.2) is 4.98 Å². The molecule has 0 atom stereocenters. The molecule has 226 valence electrons. The molecule has 9 aromatic rings. The first-order valence-corrected chi connectivity index (χ1v) is 17.0. The Balaban J connectivity index is 1.14. The van der Waals surface area contributed by atoms with Crippen LogP contribution in [0.1, 0.15) is 0 Å². The summed E-state index contributed by atoms with van der Waals surface area (Å²) in [6, 6.07) is 62.9. The van der Waals surface area contributed by atoms with E-state index in [1.54, 1.807) is 0 Å². The number of hydrogen-bond donors (Lipinski definition) is 0. The van der Waals surface area contributed by atoms with Crippen molar-refractivity contribution in [2.45, 2.75) is 0 Å². The van der Waals surface area contributed by atoms with Gasteiger partial charge in [0.05, 0.1) is 16.1 Å². The van der Waals surface area contributed by atoms with E-state index < -0.39 is 0 Å². The van der Waals surface area contributed by atoms with Crippen molar-refractivity contribution in [3.05, 3.63) is 182 Å². The van der Waals surface area contributed by atoms with Gasteiger partial charge in [-0.1, -0.05) is 140 Å². The van der Waals surface area contributed by atoms with Crippen molar-refractivity contribution in [1.82, 2.24) is 4.98 Å². The first-order valence-electron chi connectivity index (χ1n) is 16.2. The van der Waals surface area contributed by atoms with Crippen molar-refractivity contribution in [3.63, 3.8) is 0 Å². The zero-order valence-electron chi connectivity index (χ0n) is 26.1. The maximum atomic E-state index is 4.93. The van der Waals surface area contributed by atoms with Crippen LogP contribution in [0, 0.1) is 0 Å². The van der Waals surface area contributed by atoms with Crippen LogP contribution in [-0.2, 0) is 0 Å². The summed E-state index contributed by atoms with van der Waals surface area (Å²) < 4.78 is 2.53. The van der Waals surface area contributed by atoms with E-state index in [9.17, 15) is 0 Å². The van der Waals surface area contributed by atoms with Crippen molar-refractivity contribution < 1.29 is 0 Å².